The molecule has 1 unspecified atom stereocenters. The number of alkyl carbamates (subject to hydrolysis) is 1. The van der Waals surface area contributed by atoms with Gasteiger partial charge in [0.25, 0.3) is 5.92 Å². The highest BCUT2D eigenvalue weighted by atomic mass is 79.9. The standard InChI is InChI=1S/C27H25BrF2N4O3/c1-14(2)23(33-26(36)37-3)25(35)34-10-4-5-22(34)24-31-13-21(32-24)15-6-8-17-18-9-7-16(28)12-20(18)27(29,30)19(17)11-15/h4-9,11-14,22-23H,10H2,1-3H3,(H,31,32)(H,33,36)/t22-,23?/m0/s1. The Kier molecular flexibility index (Phi) is 6.39. The number of carbonyl (C=O) groups is 2. The lowest BCUT2D eigenvalue weighted by Gasteiger charge is -2.29. The van der Waals surface area contributed by atoms with Crippen molar-refractivity contribution in [2.45, 2.75) is 31.9 Å². The number of alkyl halides is 2. The van der Waals surface area contributed by atoms with E-state index in [1.807, 2.05) is 26.0 Å². The van der Waals surface area contributed by atoms with E-state index in [0.29, 0.717) is 39.2 Å². The first kappa shape index (κ1) is 25.1. The number of amides is 2. The fraction of sp³-hybridized carbons (Fsp3) is 0.296. The van der Waals surface area contributed by atoms with E-state index in [1.165, 1.54) is 19.2 Å². The van der Waals surface area contributed by atoms with Crippen LogP contribution in [0.2, 0.25) is 0 Å². The number of carbonyl (C=O) groups excluding carboxylic acids is 2. The summed E-state index contributed by atoms with van der Waals surface area (Å²) in [6.07, 6.45) is 4.60. The Hall–Kier alpha value is -3.53. The molecule has 0 spiro atoms. The minimum absolute atomic E-state index is 0.0233. The lowest BCUT2D eigenvalue weighted by molar-refractivity contribution is -0.135. The number of halogens is 3. The number of aromatic amines is 1. The van der Waals surface area contributed by atoms with Gasteiger partial charge in [-0.3, -0.25) is 4.79 Å². The maximum absolute atomic E-state index is 15.3. The van der Waals surface area contributed by atoms with Crippen LogP contribution in [0.15, 0.2) is 59.2 Å². The van der Waals surface area contributed by atoms with Gasteiger partial charge in [0.1, 0.15) is 17.9 Å². The Bertz CT molecular complexity index is 1420. The van der Waals surface area contributed by atoms with Gasteiger partial charge in [-0.2, -0.15) is 8.78 Å². The van der Waals surface area contributed by atoms with E-state index in [9.17, 15) is 9.59 Å². The van der Waals surface area contributed by atoms with Gasteiger partial charge in [0.2, 0.25) is 5.91 Å². The van der Waals surface area contributed by atoms with E-state index < -0.39 is 24.1 Å². The molecule has 2 amide bonds. The second-order valence-electron chi connectivity index (χ2n) is 9.43. The molecule has 192 valence electrons. The highest BCUT2D eigenvalue weighted by Gasteiger charge is 2.44. The summed E-state index contributed by atoms with van der Waals surface area (Å²) in [5.41, 5.74) is 2.07. The Morgan fingerprint density at radius 3 is 2.59 bits per heavy atom. The average molecular weight is 571 g/mol. The maximum atomic E-state index is 15.3. The third-order valence-corrected chi connectivity index (χ3v) is 7.28. The van der Waals surface area contributed by atoms with Crippen LogP contribution in [-0.2, 0) is 15.5 Å². The highest BCUT2D eigenvalue weighted by molar-refractivity contribution is 9.10. The van der Waals surface area contributed by atoms with Crippen molar-refractivity contribution in [1.82, 2.24) is 20.2 Å². The minimum atomic E-state index is -3.12. The van der Waals surface area contributed by atoms with Crippen LogP contribution in [0.4, 0.5) is 13.6 Å². The molecular weight excluding hydrogens is 546 g/mol. The first-order valence-electron chi connectivity index (χ1n) is 11.8. The van der Waals surface area contributed by atoms with Crippen molar-refractivity contribution >= 4 is 27.9 Å². The van der Waals surface area contributed by atoms with Crippen molar-refractivity contribution < 1.29 is 23.1 Å². The summed E-state index contributed by atoms with van der Waals surface area (Å²) in [7, 11) is 1.24. The third kappa shape index (κ3) is 4.33. The molecule has 2 aliphatic rings. The number of hydrogen-bond acceptors (Lipinski definition) is 4. The van der Waals surface area contributed by atoms with Gasteiger partial charge in [-0.15, -0.1) is 0 Å². The summed E-state index contributed by atoms with van der Waals surface area (Å²) in [5, 5.41) is 2.60. The number of methoxy groups -OCH3 is 1. The molecule has 0 saturated heterocycles. The Morgan fingerprint density at radius 1 is 1.19 bits per heavy atom. The molecule has 0 fully saturated rings. The lowest BCUT2D eigenvalue weighted by atomic mass is 10.0. The lowest BCUT2D eigenvalue weighted by Crippen LogP contribution is -2.51. The molecule has 7 nitrogen and oxygen atoms in total. The molecule has 2 N–H and O–H groups in total. The van der Waals surface area contributed by atoms with E-state index in [4.69, 9.17) is 0 Å². The molecule has 0 bridgehead atoms. The molecule has 2 heterocycles. The van der Waals surface area contributed by atoms with Crippen LogP contribution in [0.1, 0.15) is 36.8 Å². The second kappa shape index (κ2) is 9.41. The van der Waals surface area contributed by atoms with E-state index in [1.54, 1.807) is 35.4 Å². The normalized spacial score (nSPS) is 18.0. The minimum Gasteiger partial charge on any atom is -0.453 e. The average Bonchev–Trinajstić information content (AvgIpc) is 3.59. The Balaban J connectivity index is 1.42. The van der Waals surface area contributed by atoms with Crippen molar-refractivity contribution in [3.05, 3.63) is 76.2 Å². The summed E-state index contributed by atoms with van der Waals surface area (Å²) >= 11 is 3.29. The van der Waals surface area contributed by atoms with E-state index >= 15 is 8.78 Å². The van der Waals surface area contributed by atoms with Gasteiger partial charge in [0.15, 0.2) is 0 Å². The fourth-order valence-corrected chi connectivity index (χ4v) is 5.22. The van der Waals surface area contributed by atoms with E-state index in [-0.39, 0.29) is 23.0 Å². The summed E-state index contributed by atoms with van der Waals surface area (Å²) in [4.78, 5) is 34.4. The zero-order valence-electron chi connectivity index (χ0n) is 20.4. The van der Waals surface area contributed by atoms with E-state index in [0.717, 1.165) is 0 Å². The van der Waals surface area contributed by atoms with Gasteiger partial charge < -0.3 is 19.9 Å². The number of ether oxygens (including phenoxy) is 1. The first-order valence-corrected chi connectivity index (χ1v) is 12.6. The van der Waals surface area contributed by atoms with Gasteiger partial charge in [-0.25, -0.2) is 9.78 Å². The number of rotatable bonds is 5. The number of imidazole rings is 1. The summed E-state index contributed by atoms with van der Waals surface area (Å²) in [6, 6.07) is 8.63. The number of H-pyrrole nitrogens is 1. The summed E-state index contributed by atoms with van der Waals surface area (Å²) < 4.78 is 35.9. The van der Waals surface area contributed by atoms with Crippen LogP contribution >= 0.6 is 15.9 Å². The van der Waals surface area contributed by atoms with Gasteiger partial charge in [-0.05, 0) is 35.2 Å². The number of benzene rings is 2. The van der Waals surface area contributed by atoms with Crippen molar-refractivity contribution in [3.8, 4) is 22.4 Å². The van der Waals surface area contributed by atoms with Crippen LogP contribution < -0.4 is 5.32 Å². The van der Waals surface area contributed by atoms with Crippen molar-refractivity contribution in [2.24, 2.45) is 5.92 Å². The molecule has 1 aromatic heterocycles. The molecule has 37 heavy (non-hydrogen) atoms. The van der Waals surface area contributed by atoms with Crippen LogP contribution in [0.5, 0.6) is 0 Å². The third-order valence-electron chi connectivity index (χ3n) is 6.79. The number of nitrogens with zero attached hydrogens (tertiary/aromatic N) is 2. The Morgan fingerprint density at radius 2 is 1.89 bits per heavy atom. The maximum Gasteiger partial charge on any atom is 0.407 e. The van der Waals surface area contributed by atoms with Crippen LogP contribution in [0.3, 0.4) is 0 Å². The van der Waals surface area contributed by atoms with Gasteiger partial charge in [0.05, 0.1) is 19.0 Å². The van der Waals surface area contributed by atoms with Crippen LogP contribution in [0.25, 0.3) is 22.4 Å². The summed E-state index contributed by atoms with van der Waals surface area (Å²) in [5.74, 6) is -3.06. The topological polar surface area (TPSA) is 87.3 Å². The van der Waals surface area contributed by atoms with Gasteiger partial charge >= 0.3 is 6.09 Å². The molecule has 0 saturated carbocycles. The number of aromatic nitrogens is 2. The quantitative estimate of drug-likeness (QED) is 0.381. The van der Waals surface area contributed by atoms with Crippen molar-refractivity contribution in [3.63, 3.8) is 0 Å². The predicted octanol–water partition coefficient (Wildman–Crippen LogP) is 5.78. The number of nitrogens with one attached hydrogen (secondary N) is 2. The second-order valence-corrected chi connectivity index (χ2v) is 10.3. The molecule has 1 aliphatic heterocycles. The van der Waals surface area contributed by atoms with E-state index in [2.05, 4.69) is 36.0 Å². The fourth-order valence-electron chi connectivity index (χ4n) is 4.86. The summed E-state index contributed by atoms with van der Waals surface area (Å²) in [6.45, 7) is 4.02. The first-order chi connectivity index (χ1) is 17.6. The zero-order valence-corrected chi connectivity index (χ0v) is 22.0. The molecule has 0 radical (unpaired) electrons. The Labute approximate surface area is 221 Å². The predicted molar refractivity (Wildman–Crippen MR) is 138 cm³/mol. The SMILES string of the molecule is COC(=O)NC(C(=O)N1CC=C[C@H]1c1ncc(-c2ccc3c(c2)C(F)(F)c2cc(Br)ccc2-3)[nH]1)C(C)C. The molecule has 1 aliphatic carbocycles. The van der Waals surface area contributed by atoms with Crippen molar-refractivity contribution in [2.75, 3.05) is 13.7 Å². The van der Waals surface area contributed by atoms with Crippen LogP contribution in [0, 0.1) is 5.92 Å². The smallest absolute Gasteiger partial charge is 0.407 e. The highest BCUT2D eigenvalue weighted by Crippen LogP contribution is 2.52. The monoisotopic (exact) mass is 570 g/mol. The van der Waals surface area contributed by atoms with Gasteiger partial charge in [-0.1, -0.05) is 60.1 Å². The molecular formula is C27H25BrF2N4O3. The largest absolute Gasteiger partial charge is 0.453 e. The molecule has 10 heteroatoms. The number of fused-ring (bicyclic) bond motifs is 3. The molecule has 5 rings (SSSR count). The van der Waals surface area contributed by atoms with Crippen LogP contribution in [-0.4, -0.2) is 46.6 Å². The number of hydrogen-bond donors (Lipinski definition) is 2. The zero-order chi connectivity index (χ0) is 26.5. The molecule has 3 aromatic rings. The van der Waals surface area contributed by atoms with Crippen molar-refractivity contribution in [1.29, 1.82) is 0 Å². The molecule has 2 atom stereocenters. The molecule has 2 aromatic carbocycles. The van der Waals surface area contributed by atoms with Gasteiger partial charge in [0, 0.05) is 27.7 Å².